The van der Waals surface area contributed by atoms with Crippen LogP contribution in [0.3, 0.4) is 0 Å². The molecule has 3 rings (SSSR count). The topological polar surface area (TPSA) is 21.7 Å². The molecule has 134 valence electrons. The van der Waals surface area contributed by atoms with Crippen LogP contribution in [-0.2, 0) is 30.6 Å². The van der Waals surface area contributed by atoms with E-state index in [1.54, 1.807) is 0 Å². The number of alkyl halides is 3. The first-order valence-corrected chi connectivity index (χ1v) is 8.07. The van der Waals surface area contributed by atoms with Crippen molar-refractivity contribution in [3.05, 3.63) is 63.7 Å². The molecule has 0 radical (unpaired) electrons. The van der Waals surface area contributed by atoms with Crippen molar-refractivity contribution in [2.75, 3.05) is 13.8 Å². The van der Waals surface area contributed by atoms with Crippen LogP contribution in [0, 0.1) is 0 Å². The van der Waals surface area contributed by atoms with Gasteiger partial charge in [0.1, 0.15) is 5.75 Å². The molecule has 1 aliphatic heterocycles. The van der Waals surface area contributed by atoms with Crippen LogP contribution in [0.4, 0.5) is 13.2 Å². The van der Waals surface area contributed by atoms with Gasteiger partial charge in [0.15, 0.2) is 6.79 Å². The Balaban J connectivity index is 1.71. The summed E-state index contributed by atoms with van der Waals surface area (Å²) in [6.45, 7) is 1.72. The lowest BCUT2D eigenvalue weighted by Gasteiger charge is -2.24. The van der Waals surface area contributed by atoms with Gasteiger partial charge in [0.25, 0.3) is 0 Å². The molecule has 0 spiro atoms. The largest absolute Gasteiger partial charge is 0.467 e. The molecular weight excluding hydrogens is 355 g/mol. The van der Waals surface area contributed by atoms with Gasteiger partial charge in [0.2, 0.25) is 0 Å². The second kappa shape index (κ2) is 7.23. The van der Waals surface area contributed by atoms with E-state index in [-0.39, 0.29) is 6.79 Å². The van der Waals surface area contributed by atoms with Gasteiger partial charge in [-0.3, -0.25) is 4.90 Å². The molecule has 0 unspecified atom stereocenters. The van der Waals surface area contributed by atoms with Crippen LogP contribution in [0.25, 0.3) is 0 Å². The molecule has 2 aromatic rings. The Kier molecular flexibility index (Phi) is 5.22. The van der Waals surface area contributed by atoms with E-state index < -0.39 is 11.7 Å². The molecule has 3 nitrogen and oxygen atoms in total. The van der Waals surface area contributed by atoms with Crippen LogP contribution < -0.4 is 4.74 Å². The first-order valence-electron chi connectivity index (χ1n) is 7.69. The summed E-state index contributed by atoms with van der Waals surface area (Å²) in [5.74, 6) is 0.773. The highest BCUT2D eigenvalue weighted by Gasteiger charge is 2.29. The second-order valence-corrected chi connectivity index (χ2v) is 6.47. The van der Waals surface area contributed by atoms with E-state index in [2.05, 4.69) is 0 Å². The van der Waals surface area contributed by atoms with Gasteiger partial charge in [0.05, 0.1) is 12.2 Å². The van der Waals surface area contributed by atoms with Crippen molar-refractivity contribution in [1.29, 1.82) is 0 Å². The molecule has 0 atom stereocenters. The van der Waals surface area contributed by atoms with E-state index in [1.807, 2.05) is 24.1 Å². The van der Waals surface area contributed by atoms with Crippen molar-refractivity contribution in [1.82, 2.24) is 4.90 Å². The Hall–Kier alpha value is -1.76. The number of rotatable bonds is 4. The average molecular weight is 372 g/mol. The summed E-state index contributed by atoms with van der Waals surface area (Å²) in [5, 5.41) is 0.603. The van der Waals surface area contributed by atoms with Crippen molar-refractivity contribution < 1.29 is 22.6 Å². The fraction of sp³-hybridized carbons (Fsp3) is 0.333. The van der Waals surface area contributed by atoms with Gasteiger partial charge in [-0.15, -0.1) is 0 Å². The molecule has 25 heavy (non-hydrogen) atoms. The summed E-state index contributed by atoms with van der Waals surface area (Å²) in [6.07, 6.45) is -4.32. The maximum absolute atomic E-state index is 12.6. The van der Waals surface area contributed by atoms with Crippen LogP contribution in [0.1, 0.15) is 22.3 Å². The first kappa shape index (κ1) is 18.0. The Labute approximate surface area is 148 Å². The molecule has 0 aromatic heterocycles. The Morgan fingerprint density at radius 1 is 1.12 bits per heavy atom. The van der Waals surface area contributed by atoms with Gasteiger partial charge in [-0.1, -0.05) is 23.7 Å². The summed E-state index contributed by atoms with van der Waals surface area (Å²) in [5.41, 5.74) is 1.99. The van der Waals surface area contributed by atoms with E-state index in [9.17, 15) is 13.2 Å². The lowest BCUT2D eigenvalue weighted by molar-refractivity contribution is -0.137. The Bertz CT molecular complexity index is 747. The van der Waals surface area contributed by atoms with Gasteiger partial charge in [-0.25, -0.2) is 0 Å². The summed E-state index contributed by atoms with van der Waals surface area (Å²) < 4.78 is 48.7. The molecule has 0 amide bonds. The van der Waals surface area contributed by atoms with E-state index >= 15 is 0 Å². The molecule has 1 heterocycles. The molecule has 7 heteroatoms. The van der Waals surface area contributed by atoms with E-state index in [0.29, 0.717) is 24.7 Å². The van der Waals surface area contributed by atoms with Crippen LogP contribution in [-0.4, -0.2) is 18.7 Å². The lowest BCUT2D eigenvalue weighted by atomic mass is 10.1. The summed E-state index contributed by atoms with van der Waals surface area (Å²) >= 11 is 6.15. The number of nitrogens with zero attached hydrogens (tertiary/aromatic N) is 1. The molecule has 0 bridgehead atoms. The monoisotopic (exact) mass is 371 g/mol. The maximum atomic E-state index is 12.6. The fourth-order valence-corrected chi connectivity index (χ4v) is 3.10. The van der Waals surface area contributed by atoms with Gasteiger partial charge in [-0.2, -0.15) is 13.2 Å². The maximum Gasteiger partial charge on any atom is 0.416 e. The molecule has 0 N–H and O–H groups in total. The SMILES string of the molecule is CN(Cc1ccc(C(F)(F)F)cc1)Cc1cc(Cl)cc2c1OCOC2. The third-order valence-electron chi connectivity index (χ3n) is 3.93. The average Bonchev–Trinajstić information content (AvgIpc) is 2.54. The number of benzene rings is 2. The number of ether oxygens (including phenoxy) is 2. The van der Waals surface area contributed by atoms with E-state index in [1.165, 1.54) is 12.1 Å². The first-order chi connectivity index (χ1) is 11.8. The molecule has 0 fully saturated rings. The van der Waals surface area contributed by atoms with Gasteiger partial charge in [0, 0.05) is 29.2 Å². The van der Waals surface area contributed by atoms with Crippen molar-refractivity contribution in [2.24, 2.45) is 0 Å². The lowest BCUT2D eigenvalue weighted by Crippen LogP contribution is -2.20. The van der Waals surface area contributed by atoms with Crippen LogP contribution in [0.15, 0.2) is 36.4 Å². The normalized spacial score (nSPS) is 14.3. The highest BCUT2D eigenvalue weighted by Crippen LogP contribution is 2.33. The smallest absolute Gasteiger partial charge is 0.416 e. The zero-order chi connectivity index (χ0) is 18.0. The summed E-state index contributed by atoms with van der Waals surface area (Å²) in [6, 6.07) is 8.86. The van der Waals surface area contributed by atoms with Crippen molar-refractivity contribution in [3.8, 4) is 5.75 Å². The molecule has 2 aromatic carbocycles. The molecular formula is C18H17ClF3NO2. The number of fused-ring (bicyclic) bond motifs is 1. The summed E-state index contributed by atoms with van der Waals surface area (Å²) in [7, 11) is 1.89. The zero-order valence-corrected chi connectivity index (χ0v) is 14.3. The van der Waals surface area contributed by atoms with Gasteiger partial charge < -0.3 is 9.47 Å². The predicted molar refractivity (Wildman–Crippen MR) is 88.4 cm³/mol. The zero-order valence-electron chi connectivity index (χ0n) is 13.6. The third kappa shape index (κ3) is 4.45. The van der Waals surface area contributed by atoms with Crippen molar-refractivity contribution >= 4 is 11.6 Å². The minimum Gasteiger partial charge on any atom is -0.467 e. The third-order valence-corrected chi connectivity index (χ3v) is 4.14. The molecule has 1 aliphatic rings. The van der Waals surface area contributed by atoms with Crippen LogP contribution >= 0.6 is 11.6 Å². The second-order valence-electron chi connectivity index (χ2n) is 6.03. The molecule has 0 saturated carbocycles. The molecule has 0 saturated heterocycles. The molecule has 0 aliphatic carbocycles. The number of halogens is 4. The minimum absolute atomic E-state index is 0.199. The van der Waals surface area contributed by atoms with Crippen molar-refractivity contribution in [2.45, 2.75) is 25.9 Å². The standard InChI is InChI=1S/C18H17ClF3NO2/c1-23(8-12-2-4-15(5-3-12)18(20,21)22)9-13-6-16(19)7-14-10-24-11-25-17(13)14/h2-7H,8-11H2,1H3. The quantitative estimate of drug-likeness (QED) is 0.766. The number of hydrogen-bond donors (Lipinski definition) is 0. The van der Waals surface area contributed by atoms with Crippen LogP contribution in [0.5, 0.6) is 5.75 Å². The Morgan fingerprint density at radius 3 is 2.52 bits per heavy atom. The predicted octanol–water partition coefficient (Wildman–Crippen LogP) is 4.86. The highest BCUT2D eigenvalue weighted by molar-refractivity contribution is 6.30. The van der Waals surface area contributed by atoms with Crippen molar-refractivity contribution in [3.63, 3.8) is 0 Å². The van der Waals surface area contributed by atoms with E-state index in [4.69, 9.17) is 21.1 Å². The van der Waals surface area contributed by atoms with Gasteiger partial charge >= 0.3 is 6.18 Å². The van der Waals surface area contributed by atoms with Gasteiger partial charge in [-0.05, 0) is 36.9 Å². The highest BCUT2D eigenvalue weighted by atomic mass is 35.5. The van der Waals surface area contributed by atoms with Crippen LogP contribution in [0.2, 0.25) is 5.02 Å². The number of hydrogen-bond acceptors (Lipinski definition) is 3. The minimum atomic E-state index is -4.32. The Morgan fingerprint density at radius 2 is 1.84 bits per heavy atom. The summed E-state index contributed by atoms with van der Waals surface area (Å²) in [4.78, 5) is 1.99. The van der Waals surface area contributed by atoms with E-state index in [0.717, 1.165) is 34.6 Å². The fourth-order valence-electron chi connectivity index (χ4n) is 2.83.